The molecule has 0 N–H and O–H groups in total. The summed E-state index contributed by atoms with van der Waals surface area (Å²) in [7, 11) is 0. The van der Waals surface area contributed by atoms with Crippen molar-refractivity contribution in [1.82, 2.24) is 4.90 Å². The fourth-order valence-corrected chi connectivity index (χ4v) is 2.61. The van der Waals surface area contributed by atoms with Gasteiger partial charge in [0.1, 0.15) is 0 Å². The molecule has 0 aromatic rings. The van der Waals surface area contributed by atoms with Crippen LogP contribution < -0.4 is 0 Å². The quantitative estimate of drug-likeness (QED) is 0.664. The van der Waals surface area contributed by atoms with Crippen LogP contribution in [0.4, 0.5) is 0 Å². The average Bonchev–Trinajstić information content (AvgIpc) is 2.46. The zero-order valence-corrected chi connectivity index (χ0v) is 8.83. The maximum absolute atomic E-state index is 5.81. The van der Waals surface area contributed by atoms with Crippen LogP contribution in [0.5, 0.6) is 0 Å². The molecule has 2 aliphatic rings. The molecule has 2 heterocycles. The molecule has 0 spiro atoms. The Hall–Kier alpha value is -0.0800. The lowest BCUT2D eigenvalue weighted by molar-refractivity contribution is -0.0513. The Kier molecular flexibility index (Phi) is 2.89. The van der Waals surface area contributed by atoms with E-state index >= 15 is 0 Å². The van der Waals surface area contributed by atoms with Crippen molar-refractivity contribution in [3.05, 3.63) is 0 Å². The summed E-state index contributed by atoms with van der Waals surface area (Å²) in [5, 5.41) is 0. The second-order valence-electron chi connectivity index (χ2n) is 4.55. The van der Waals surface area contributed by atoms with E-state index < -0.39 is 0 Å². The average molecular weight is 183 g/mol. The van der Waals surface area contributed by atoms with Crippen molar-refractivity contribution < 1.29 is 4.74 Å². The first-order valence-electron chi connectivity index (χ1n) is 5.69. The maximum Gasteiger partial charge on any atom is 0.0707 e. The molecule has 2 heteroatoms. The summed E-state index contributed by atoms with van der Waals surface area (Å²) in [6.45, 7) is 6.98. The van der Waals surface area contributed by atoms with Crippen molar-refractivity contribution in [3.8, 4) is 0 Å². The van der Waals surface area contributed by atoms with Crippen molar-refractivity contribution in [1.29, 1.82) is 0 Å². The molecule has 2 fully saturated rings. The number of hydrogen-bond donors (Lipinski definition) is 0. The summed E-state index contributed by atoms with van der Waals surface area (Å²) in [5.74, 6) is 0. The monoisotopic (exact) mass is 183 g/mol. The first kappa shape index (κ1) is 9.47. The highest BCUT2D eigenvalue weighted by Crippen LogP contribution is 2.27. The van der Waals surface area contributed by atoms with Gasteiger partial charge < -0.3 is 4.74 Å². The van der Waals surface area contributed by atoms with E-state index in [1.807, 2.05) is 0 Å². The van der Waals surface area contributed by atoms with Gasteiger partial charge in [0.05, 0.1) is 12.2 Å². The highest BCUT2D eigenvalue weighted by molar-refractivity contribution is 4.86. The fourth-order valence-electron chi connectivity index (χ4n) is 2.61. The van der Waals surface area contributed by atoms with E-state index in [0.29, 0.717) is 12.2 Å². The molecule has 0 radical (unpaired) electrons. The Labute approximate surface area is 81.3 Å². The van der Waals surface area contributed by atoms with Crippen molar-refractivity contribution in [2.45, 2.75) is 57.8 Å². The fraction of sp³-hybridized carbons (Fsp3) is 1.00. The molecule has 13 heavy (non-hydrogen) atoms. The highest BCUT2D eigenvalue weighted by atomic mass is 16.5. The second-order valence-corrected chi connectivity index (χ2v) is 4.55. The van der Waals surface area contributed by atoms with Gasteiger partial charge in [-0.25, -0.2) is 0 Å². The molecule has 2 saturated heterocycles. The Morgan fingerprint density at radius 3 is 2.46 bits per heavy atom. The molecule has 3 atom stereocenters. The van der Waals surface area contributed by atoms with Gasteiger partial charge in [-0.2, -0.15) is 0 Å². The smallest absolute Gasteiger partial charge is 0.0707 e. The van der Waals surface area contributed by atoms with E-state index in [-0.39, 0.29) is 0 Å². The van der Waals surface area contributed by atoms with Crippen LogP contribution in [0, 0.1) is 0 Å². The third kappa shape index (κ3) is 2.05. The zero-order chi connectivity index (χ0) is 9.26. The van der Waals surface area contributed by atoms with Crippen molar-refractivity contribution in [2.75, 3.05) is 13.1 Å². The van der Waals surface area contributed by atoms with Crippen molar-refractivity contribution in [2.24, 2.45) is 0 Å². The SMILES string of the molecule is CCCC(C)N1CC2CCC(C1)O2. The van der Waals surface area contributed by atoms with Gasteiger partial charge in [0.25, 0.3) is 0 Å². The minimum atomic E-state index is 0.554. The summed E-state index contributed by atoms with van der Waals surface area (Å²) in [5.41, 5.74) is 0. The van der Waals surface area contributed by atoms with Gasteiger partial charge in [0.2, 0.25) is 0 Å². The van der Waals surface area contributed by atoms with Crippen LogP contribution in [-0.2, 0) is 4.74 Å². The van der Waals surface area contributed by atoms with E-state index in [0.717, 1.165) is 6.04 Å². The topological polar surface area (TPSA) is 12.5 Å². The number of ether oxygens (including phenoxy) is 1. The van der Waals surface area contributed by atoms with E-state index in [2.05, 4.69) is 18.7 Å². The normalized spacial score (nSPS) is 36.5. The molecular weight excluding hydrogens is 162 g/mol. The third-order valence-corrected chi connectivity index (χ3v) is 3.40. The second kappa shape index (κ2) is 3.97. The molecule has 2 aliphatic heterocycles. The van der Waals surface area contributed by atoms with Gasteiger partial charge in [-0.3, -0.25) is 4.90 Å². The minimum absolute atomic E-state index is 0.554. The minimum Gasteiger partial charge on any atom is -0.372 e. The van der Waals surface area contributed by atoms with Crippen molar-refractivity contribution in [3.63, 3.8) is 0 Å². The summed E-state index contributed by atoms with van der Waals surface area (Å²) >= 11 is 0. The Bertz CT molecular complexity index is 159. The van der Waals surface area contributed by atoms with Gasteiger partial charge in [-0.15, -0.1) is 0 Å². The van der Waals surface area contributed by atoms with E-state index in [1.165, 1.54) is 38.8 Å². The highest BCUT2D eigenvalue weighted by Gasteiger charge is 2.34. The standard InChI is InChI=1S/C11H21NO/c1-3-4-9(2)12-7-10-5-6-11(8-12)13-10/h9-11H,3-8H2,1-2H3. The molecule has 2 rings (SSSR count). The Morgan fingerprint density at radius 2 is 1.92 bits per heavy atom. The number of fused-ring (bicyclic) bond motifs is 2. The van der Waals surface area contributed by atoms with Crippen LogP contribution in [0.15, 0.2) is 0 Å². The lowest BCUT2D eigenvalue weighted by Gasteiger charge is -2.36. The van der Waals surface area contributed by atoms with Gasteiger partial charge in [0, 0.05) is 19.1 Å². The number of morpholine rings is 1. The van der Waals surface area contributed by atoms with Crippen molar-refractivity contribution >= 4 is 0 Å². The Balaban J connectivity index is 1.87. The molecule has 0 amide bonds. The third-order valence-electron chi connectivity index (χ3n) is 3.40. The maximum atomic E-state index is 5.81. The summed E-state index contributed by atoms with van der Waals surface area (Å²) in [6, 6.07) is 0.761. The summed E-state index contributed by atoms with van der Waals surface area (Å²) in [6.07, 6.45) is 6.32. The van der Waals surface area contributed by atoms with E-state index in [1.54, 1.807) is 0 Å². The van der Waals surface area contributed by atoms with Gasteiger partial charge in [-0.05, 0) is 26.2 Å². The number of hydrogen-bond acceptors (Lipinski definition) is 2. The molecule has 3 unspecified atom stereocenters. The molecule has 0 saturated carbocycles. The van der Waals surface area contributed by atoms with Crippen LogP contribution in [-0.4, -0.2) is 36.2 Å². The van der Waals surface area contributed by atoms with Gasteiger partial charge in [0.15, 0.2) is 0 Å². The summed E-state index contributed by atoms with van der Waals surface area (Å²) in [4.78, 5) is 2.62. The molecule has 0 aromatic heterocycles. The molecular formula is C11H21NO. The molecule has 0 aromatic carbocycles. The Morgan fingerprint density at radius 1 is 1.31 bits per heavy atom. The van der Waals surface area contributed by atoms with Gasteiger partial charge >= 0.3 is 0 Å². The van der Waals surface area contributed by atoms with E-state index in [4.69, 9.17) is 4.74 Å². The number of rotatable bonds is 3. The van der Waals surface area contributed by atoms with Crippen LogP contribution in [0.25, 0.3) is 0 Å². The van der Waals surface area contributed by atoms with Gasteiger partial charge in [-0.1, -0.05) is 13.3 Å². The van der Waals surface area contributed by atoms with Crippen LogP contribution in [0.3, 0.4) is 0 Å². The molecule has 76 valence electrons. The molecule has 0 aliphatic carbocycles. The van der Waals surface area contributed by atoms with E-state index in [9.17, 15) is 0 Å². The first-order chi connectivity index (χ1) is 6.29. The molecule has 2 bridgehead atoms. The lowest BCUT2D eigenvalue weighted by atomic mass is 10.1. The first-order valence-corrected chi connectivity index (χ1v) is 5.69. The number of nitrogens with zero attached hydrogens (tertiary/aromatic N) is 1. The summed E-state index contributed by atoms with van der Waals surface area (Å²) < 4.78 is 5.81. The van der Waals surface area contributed by atoms with Crippen LogP contribution in [0.1, 0.15) is 39.5 Å². The van der Waals surface area contributed by atoms with Crippen LogP contribution in [0.2, 0.25) is 0 Å². The largest absolute Gasteiger partial charge is 0.372 e. The number of likely N-dealkylation sites (tertiary alicyclic amines) is 1. The predicted octanol–water partition coefficient (Wildman–Crippen LogP) is 2.04. The molecule has 2 nitrogen and oxygen atoms in total. The lowest BCUT2D eigenvalue weighted by Crippen LogP contribution is -2.46. The van der Waals surface area contributed by atoms with Crippen LogP contribution >= 0.6 is 0 Å². The predicted molar refractivity (Wildman–Crippen MR) is 53.8 cm³/mol. The zero-order valence-electron chi connectivity index (χ0n) is 8.83.